The van der Waals surface area contributed by atoms with Crippen LogP contribution in [0.3, 0.4) is 0 Å². The van der Waals surface area contributed by atoms with E-state index < -0.39 is 0 Å². The number of hydrogen-bond donors (Lipinski definition) is 0. The van der Waals surface area contributed by atoms with Crippen LogP contribution in [0.1, 0.15) is 38.1 Å². The quantitative estimate of drug-likeness (QED) is 0.701. The minimum absolute atomic E-state index is 0.00505. The lowest BCUT2D eigenvalue weighted by atomic mass is 10.1. The van der Waals surface area contributed by atoms with E-state index >= 15 is 0 Å². The predicted octanol–water partition coefficient (Wildman–Crippen LogP) is 2.16. The summed E-state index contributed by atoms with van der Waals surface area (Å²) in [6.07, 6.45) is 6.57. The zero-order chi connectivity index (χ0) is 19.3. The molecule has 3 unspecified atom stereocenters. The maximum absolute atomic E-state index is 13.2. The molecule has 1 fully saturated rings. The zero-order valence-electron chi connectivity index (χ0n) is 15.9. The molecule has 1 aromatic carbocycles. The Morgan fingerprint density at radius 1 is 1.21 bits per heavy atom. The maximum atomic E-state index is 13.2. The summed E-state index contributed by atoms with van der Waals surface area (Å²) in [6, 6.07) is 9.54. The summed E-state index contributed by atoms with van der Waals surface area (Å²) in [5.74, 6) is 0.940. The molecule has 7 nitrogen and oxygen atoms in total. The van der Waals surface area contributed by atoms with Crippen molar-refractivity contribution in [2.75, 3.05) is 0 Å². The van der Waals surface area contributed by atoms with E-state index in [2.05, 4.69) is 5.10 Å². The van der Waals surface area contributed by atoms with Crippen LogP contribution < -0.4 is 5.56 Å². The van der Waals surface area contributed by atoms with Crippen molar-refractivity contribution in [3.05, 3.63) is 58.9 Å². The Morgan fingerprint density at radius 2 is 2.04 bits per heavy atom. The Morgan fingerprint density at radius 3 is 2.86 bits per heavy atom. The van der Waals surface area contributed by atoms with Gasteiger partial charge in [-0.15, -0.1) is 0 Å². The summed E-state index contributed by atoms with van der Waals surface area (Å²) in [5, 5.41) is 4.90. The van der Waals surface area contributed by atoms with Crippen LogP contribution >= 0.6 is 0 Å². The van der Waals surface area contributed by atoms with Crippen LogP contribution in [0.4, 0.5) is 0 Å². The number of carbonyl (C=O) groups excluding carboxylic acids is 1. The number of para-hydroxylation sites is 1. The summed E-state index contributed by atoms with van der Waals surface area (Å²) in [6.45, 7) is 2.54. The second-order valence-electron chi connectivity index (χ2n) is 7.89. The van der Waals surface area contributed by atoms with Crippen LogP contribution in [0.5, 0.6) is 0 Å². The number of rotatable bonds is 3. The van der Waals surface area contributed by atoms with Crippen LogP contribution in [0, 0.1) is 0 Å². The topological polar surface area (TPSA) is 73.0 Å². The zero-order valence-corrected chi connectivity index (χ0v) is 15.9. The first kappa shape index (κ1) is 17.2. The van der Waals surface area contributed by atoms with Crippen LogP contribution in [0.25, 0.3) is 10.9 Å². The highest BCUT2D eigenvalue weighted by atomic mass is 16.2. The molecule has 0 aliphatic carbocycles. The number of nitrogens with zero attached hydrogens (tertiary/aromatic N) is 5. The number of hydrogen-bond acceptors (Lipinski definition) is 4. The van der Waals surface area contributed by atoms with E-state index in [-0.39, 0.29) is 29.6 Å². The molecule has 28 heavy (non-hydrogen) atoms. The molecule has 7 heteroatoms. The first-order chi connectivity index (χ1) is 13.6. The highest BCUT2D eigenvalue weighted by Crippen LogP contribution is 2.32. The lowest BCUT2D eigenvalue weighted by Gasteiger charge is -2.29. The lowest BCUT2D eigenvalue weighted by molar-refractivity contribution is -0.134. The molecule has 5 rings (SSSR count). The molecule has 1 saturated heterocycles. The Hall–Kier alpha value is -2.96. The summed E-state index contributed by atoms with van der Waals surface area (Å²) in [7, 11) is 0. The Kier molecular flexibility index (Phi) is 4.03. The fourth-order valence-electron chi connectivity index (χ4n) is 4.72. The van der Waals surface area contributed by atoms with Gasteiger partial charge < -0.3 is 4.90 Å². The normalized spacial score (nSPS) is 22.1. The van der Waals surface area contributed by atoms with Gasteiger partial charge in [0.25, 0.3) is 5.56 Å². The summed E-state index contributed by atoms with van der Waals surface area (Å²) < 4.78 is 3.62. The van der Waals surface area contributed by atoms with Crippen molar-refractivity contribution in [2.45, 2.75) is 57.3 Å². The minimum Gasteiger partial charge on any atom is -0.334 e. The van der Waals surface area contributed by atoms with Crippen molar-refractivity contribution in [3.63, 3.8) is 0 Å². The van der Waals surface area contributed by atoms with E-state index in [1.54, 1.807) is 10.8 Å². The van der Waals surface area contributed by atoms with Crippen LogP contribution in [-0.4, -0.2) is 42.2 Å². The van der Waals surface area contributed by atoms with E-state index in [0.29, 0.717) is 24.8 Å². The van der Waals surface area contributed by atoms with Gasteiger partial charge in [0.15, 0.2) is 0 Å². The van der Waals surface area contributed by atoms with Gasteiger partial charge in [-0.25, -0.2) is 4.98 Å². The molecule has 0 spiro atoms. The summed E-state index contributed by atoms with van der Waals surface area (Å²) in [5.41, 5.74) is 0.743. The van der Waals surface area contributed by atoms with Gasteiger partial charge in [0.2, 0.25) is 5.91 Å². The molecule has 2 bridgehead atoms. The predicted molar refractivity (Wildman–Crippen MR) is 105 cm³/mol. The molecule has 2 aromatic heterocycles. The average Bonchev–Trinajstić information content (AvgIpc) is 3.31. The number of benzene rings is 1. The monoisotopic (exact) mass is 377 g/mol. The van der Waals surface area contributed by atoms with Crippen LogP contribution in [0.2, 0.25) is 0 Å². The molecule has 0 radical (unpaired) electrons. The fraction of sp³-hybridized carbons (Fsp3) is 0.429. The van der Waals surface area contributed by atoms with Gasteiger partial charge in [-0.3, -0.25) is 18.8 Å². The number of carbonyl (C=O) groups is 1. The van der Waals surface area contributed by atoms with Crippen molar-refractivity contribution in [3.8, 4) is 0 Å². The second-order valence-corrected chi connectivity index (χ2v) is 7.89. The van der Waals surface area contributed by atoms with Gasteiger partial charge >= 0.3 is 0 Å². The molecular weight excluding hydrogens is 354 g/mol. The van der Waals surface area contributed by atoms with E-state index in [9.17, 15) is 9.59 Å². The van der Waals surface area contributed by atoms with E-state index in [1.807, 2.05) is 53.0 Å². The Labute approximate surface area is 162 Å². The van der Waals surface area contributed by atoms with Crippen LogP contribution in [0.15, 0.2) is 47.5 Å². The van der Waals surface area contributed by atoms with Crippen molar-refractivity contribution < 1.29 is 4.79 Å². The average molecular weight is 377 g/mol. The van der Waals surface area contributed by atoms with E-state index in [4.69, 9.17) is 4.98 Å². The van der Waals surface area contributed by atoms with Crippen molar-refractivity contribution in [1.29, 1.82) is 0 Å². The third-order valence-corrected chi connectivity index (χ3v) is 6.11. The van der Waals surface area contributed by atoms with Gasteiger partial charge in [0.1, 0.15) is 5.82 Å². The first-order valence-corrected chi connectivity index (χ1v) is 9.90. The molecule has 0 N–H and O–H groups in total. The highest BCUT2D eigenvalue weighted by molar-refractivity contribution is 5.78. The third-order valence-electron chi connectivity index (χ3n) is 6.11. The number of aromatic nitrogens is 4. The van der Waals surface area contributed by atoms with Crippen molar-refractivity contribution in [1.82, 2.24) is 24.2 Å². The second kappa shape index (κ2) is 6.58. The Balaban J connectivity index is 1.45. The number of fused-ring (bicyclic) bond motifs is 4. The maximum Gasteiger partial charge on any atom is 0.261 e. The lowest BCUT2D eigenvalue weighted by Crippen LogP contribution is -2.43. The van der Waals surface area contributed by atoms with Gasteiger partial charge in [-0.2, -0.15) is 5.10 Å². The van der Waals surface area contributed by atoms with Gasteiger partial charge in [-0.05, 0) is 38.0 Å². The SMILES string of the molecule is CC(CC(=O)N1C2CCC1Cn1c(nc3ccccc3c1=O)C2)n1cccn1. The molecule has 2 aliphatic rings. The standard InChI is InChI=1S/C21H23N5O2/c1-14(25-10-4-9-22-25)11-20(27)26-15-7-8-16(26)13-24-19(12-15)23-18-6-3-2-5-17(18)21(24)28/h2-6,9-10,14-16H,7-8,11-13H2,1H3. The largest absolute Gasteiger partial charge is 0.334 e. The van der Waals surface area contributed by atoms with Crippen LogP contribution in [-0.2, 0) is 17.8 Å². The summed E-state index contributed by atoms with van der Waals surface area (Å²) in [4.78, 5) is 33.0. The number of amides is 1. The van der Waals surface area contributed by atoms with E-state index in [0.717, 1.165) is 24.2 Å². The van der Waals surface area contributed by atoms with Gasteiger partial charge in [0.05, 0.1) is 23.0 Å². The molecule has 0 saturated carbocycles. The van der Waals surface area contributed by atoms with Gasteiger partial charge in [-0.1, -0.05) is 12.1 Å². The van der Waals surface area contributed by atoms with Gasteiger partial charge in [0, 0.05) is 37.8 Å². The van der Waals surface area contributed by atoms with Crippen molar-refractivity contribution >= 4 is 16.8 Å². The molecule has 4 heterocycles. The third kappa shape index (κ3) is 2.73. The highest BCUT2D eigenvalue weighted by Gasteiger charge is 2.40. The minimum atomic E-state index is 0.00505. The molecule has 144 valence electrons. The Bertz CT molecular complexity index is 1090. The first-order valence-electron chi connectivity index (χ1n) is 9.90. The summed E-state index contributed by atoms with van der Waals surface area (Å²) >= 11 is 0. The molecule has 1 amide bonds. The van der Waals surface area contributed by atoms with Crippen molar-refractivity contribution in [2.24, 2.45) is 0 Å². The molecule has 3 aromatic rings. The molecule has 3 atom stereocenters. The molecular formula is C21H23N5O2. The fourth-order valence-corrected chi connectivity index (χ4v) is 4.72. The smallest absolute Gasteiger partial charge is 0.261 e. The van der Waals surface area contributed by atoms with E-state index in [1.165, 1.54) is 0 Å². The molecule has 2 aliphatic heterocycles.